The van der Waals surface area contributed by atoms with Crippen molar-refractivity contribution in [1.29, 1.82) is 0 Å². The molecule has 2 amide bonds. The maximum atomic E-state index is 13.4. The van der Waals surface area contributed by atoms with Crippen LogP contribution < -0.4 is 20.3 Å². The fraction of sp³-hybridized carbons (Fsp3) is 0.0435. The molecule has 0 atom stereocenters. The molecule has 0 bridgehead atoms. The first-order valence-electron chi connectivity index (χ1n) is 9.82. The predicted molar refractivity (Wildman–Crippen MR) is 127 cm³/mol. The minimum atomic E-state index is -4.02. The van der Waals surface area contributed by atoms with Crippen molar-refractivity contribution in [3.05, 3.63) is 89.1 Å². The molecule has 0 aliphatic rings. The summed E-state index contributed by atoms with van der Waals surface area (Å²) in [4.78, 5) is 25.1. The number of halogens is 1. The number of hydrogen-bond acceptors (Lipinski definition) is 6. The summed E-state index contributed by atoms with van der Waals surface area (Å²) in [6.45, 7) is 0. The van der Waals surface area contributed by atoms with Gasteiger partial charge in [-0.25, -0.2) is 12.8 Å². The lowest BCUT2D eigenvalue weighted by atomic mass is 10.2. The van der Waals surface area contributed by atoms with E-state index in [-0.39, 0.29) is 21.0 Å². The van der Waals surface area contributed by atoms with Gasteiger partial charge in [0.25, 0.3) is 21.8 Å². The number of amides is 2. The van der Waals surface area contributed by atoms with Crippen LogP contribution in [0.4, 0.5) is 10.1 Å². The van der Waals surface area contributed by atoms with Gasteiger partial charge in [0.15, 0.2) is 0 Å². The van der Waals surface area contributed by atoms with Crippen LogP contribution in [0, 0.1) is 5.82 Å². The number of sulfonamides is 1. The first kappa shape index (κ1) is 23.2. The van der Waals surface area contributed by atoms with Crippen LogP contribution in [0.5, 0.6) is 5.75 Å². The van der Waals surface area contributed by atoms with E-state index in [1.54, 1.807) is 30.3 Å². The molecule has 0 aliphatic heterocycles. The van der Waals surface area contributed by atoms with Crippen LogP contribution in [0.1, 0.15) is 20.0 Å². The van der Waals surface area contributed by atoms with Crippen molar-refractivity contribution in [2.24, 2.45) is 0 Å². The number of para-hydroxylation sites is 2. The molecule has 4 aromatic rings. The second-order valence-electron chi connectivity index (χ2n) is 7.03. The minimum absolute atomic E-state index is 0.0154. The number of anilines is 1. The van der Waals surface area contributed by atoms with E-state index in [2.05, 4.69) is 15.6 Å². The number of rotatable bonds is 6. The molecule has 174 valence electrons. The number of hydrogen-bond donors (Lipinski definition) is 3. The maximum Gasteiger partial charge on any atom is 0.279 e. The molecule has 4 rings (SSSR count). The van der Waals surface area contributed by atoms with Crippen molar-refractivity contribution in [3.63, 3.8) is 0 Å². The molecule has 0 unspecified atom stereocenters. The van der Waals surface area contributed by atoms with Gasteiger partial charge in [0.2, 0.25) is 0 Å². The van der Waals surface area contributed by atoms with E-state index in [0.717, 1.165) is 16.0 Å². The lowest BCUT2D eigenvalue weighted by Crippen LogP contribution is -2.41. The van der Waals surface area contributed by atoms with Crippen molar-refractivity contribution in [3.8, 4) is 5.75 Å². The zero-order valence-electron chi connectivity index (χ0n) is 17.7. The number of ether oxygens (including phenoxy) is 1. The summed E-state index contributed by atoms with van der Waals surface area (Å²) in [6.07, 6.45) is 0. The highest BCUT2D eigenvalue weighted by atomic mass is 32.2. The van der Waals surface area contributed by atoms with Crippen molar-refractivity contribution >= 4 is 48.9 Å². The van der Waals surface area contributed by atoms with Gasteiger partial charge in [0.05, 0.1) is 22.6 Å². The molecular formula is C23H18FN3O5S2. The third-order valence-corrected chi connectivity index (χ3v) is 7.23. The zero-order chi connectivity index (χ0) is 24.3. The van der Waals surface area contributed by atoms with Crippen LogP contribution >= 0.6 is 11.3 Å². The van der Waals surface area contributed by atoms with Crippen LogP contribution in [0.25, 0.3) is 10.1 Å². The Kier molecular flexibility index (Phi) is 6.48. The zero-order valence-corrected chi connectivity index (χ0v) is 19.3. The van der Waals surface area contributed by atoms with E-state index in [4.69, 9.17) is 4.74 Å². The molecule has 3 N–H and O–H groups in total. The normalized spacial score (nSPS) is 11.1. The number of hydrazine groups is 1. The Bertz CT molecular complexity index is 1500. The lowest BCUT2D eigenvalue weighted by Gasteiger charge is -2.12. The molecule has 8 nitrogen and oxygen atoms in total. The van der Waals surface area contributed by atoms with Gasteiger partial charge in [0, 0.05) is 10.3 Å². The van der Waals surface area contributed by atoms with Crippen molar-refractivity contribution in [2.45, 2.75) is 4.90 Å². The summed E-state index contributed by atoms with van der Waals surface area (Å²) in [5.74, 6) is -1.38. The van der Waals surface area contributed by atoms with Gasteiger partial charge in [-0.3, -0.25) is 25.2 Å². The maximum absolute atomic E-state index is 13.4. The average molecular weight is 500 g/mol. The van der Waals surface area contributed by atoms with E-state index >= 15 is 0 Å². The SMILES string of the molecule is COc1ccccc1NS(=O)(=O)c1cccc(C(=O)NNC(=O)c2cc3cc(F)ccc3s2)c1. The van der Waals surface area contributed by atoms with E-state index in [0.29, 0.717) is 11.1 Å². The summed E-state index contributed by atoms with van der Waals surface area (Å²) in [5.41, 5.74) is 4.80. The van der Waals surface area contributed by atoms with Crippen molar-refractivity contribution in [2.75, 3.05) is 11.8 Å². The number of nitrogens with one attached hydrogen (secondary N) is 3. The number of carbonyl (C=O) groups is 2. The second-order valence-corrected chi connectivity index (χ2v) is 9.80. The van der Waals surface area contributed by atoms with Crippen LogP contribution in [0.3, 0.4) is 0 Å². The standard InChI is InChI=1S/C23H18FN3O5S2/c1-32-19-8-3-2-7-18(19)27-34(30,31)17-6-4-5-14(12-17)22(28)25-26-23(29)21-13-15-11-16(24)9-10-20(15)33-21/h2-13,27H,1H3,(H,25,28)(H,26,29). The van der Waals surface area contributed by atoms with E-state index in [9.17, 15) is 22.4 Å². The van der Waals surface area contributed by atoms with Gasteiger partial charge in [0.1, 0.15) is 11.6 Å². The molecule has 1 aromatic heterocycles. The van der Waals surface area contributed by atoms with Crippen molar-refractivity contribution in [1.82, 2.24) is 10.9 Å². The molecule has 0 aliphatic carbocycles. The van der Waals surface area contributed by atoms with Gasteiger partial charge < -0.3 is 4.74 Å². The van der Waals surface area contributed by atoms with Crippen molar-refractivity contribution < 1.29 is 27.1 Å². The quantitative estimate of drug-likeness (QED) is 0.348. The Morgan fingerprint density at radius 3 is 2.47 bits per heavy atom. The van der Waals surface area contributed by atoms with Crippen LogP contribution in [0.2, 0.25) is 0 Å². The van der Waals surface area contributed by atoms with E-state index < -0.39 is 27.7 Å². The first-order valence-corrected chi connectivity index (χ1v) is 12.1. The number of thiophene rings is 1. The van der Waals surface area contributed by atoms with E-state index in [1.807, 2.05) is 0 Å². The molecule has 0 spiro atoms. The topological polar surface area (TPSA) is 114 Å². The number of methoxy groups -OCH3 is 1. The largest absolute Gasteiger partial charge is 0.495 e. The lowest BCUT2D eigenvalue weighted by molar-refractivity contribution is 0.0849. The Morgan fingerprint density at radius 2 is 1.68 bits per heavy atom. The summed E-state index contributed by atoms with van der Waals surface area (Å²) >= 11 is 1.14. The highest BCUT2D eigenvalue weighted by Gasteiger charge is 2.19. The minimum Gasteiger partial charge on any atom is -0.495 e. The smallest absolute Gasteiger partial charge is 0.279 e. The average Bonchev–Trinajstić information content (AvgIpc) is 3.26. The first-order chi connectivity index (χ1) is 16.3. The summed E-state index contributed by atoms with van der Waals surface area (Å²) in [5, 5.41) is 0.571. The molecule has 0 fully saturated rings. The van der Waals surface area contributed by atoms with Gasteiger partial charge >= 0.3 is 0 Å². The monoisotopic (exact) mass is 499 g/mol. The highest BCUT2D eigenvalue weighted by Crippen LogP contribution is 2.27. The Balaban J connectivity index is 1.46. The van der Waals surface area contributed by atoms with Crippen LogP contribution in [-0.2, 0) is 10.0 Å². The van der Waals surface area contributed by atoms with Crippen LogP contribution in [-0.4, -0.2) is 27.3 Å². The Labute approximate surface area is 198 Å². The fourth-order valence-corrected chi connectivity index (χ4v) is 5.16. The van der Waals surface area contributed by atoms with Gasteiger partial charge in [-0.05, 0) is 60.0 Å². The Morgan fingerprint density at radius 1 is 0.912 bits per heavy atom. The molecule has 11 heteroatoms. The third kappa shape index (κ3) is 5.00. The van der Waals surface area contributed by atoms with Gasteiger partial charge in [-0.1, -0.05) is 18.2 Å². The summed E-state index contributed by atoms with van der Waals surface area (Å²) in [6, 6.07) is 17.5. The molecule has 0 radical (unpaired) electrons. The highest BCUT2D eigenvalue weighted by molar-refractivity contribution is 7.92. The summed E-state index contributed by atoms with van der Waals surface area (Å²) in [7, 11) is -2.60. The Hall–Kier alpha value is -3.96. The van der Waals surface area contributed by atoms with E-state index in [1.165, 1.54) is 49.6 Å². The molecule has 0 saturated heterocycles. The number of carbonyl (C=O) groups excluding carboxylic acids is 2. The third-order valence-electron chi connectivity index (χ3n) is 4.75. The second kappa shape index (κ2) is 9.49. The molecule has 1 heterocycles. The summed E-state index contributed by atoms with van der Waals surface area (Å²) < 4.78 is 47.3. The predicted octanol–water partition coefficient (Wildman–Crippen LogP) is 3.92. The molecular weight excluding hydrogens is 481 g/mol. The fourth-order valence-electron chi connectivity index (χ4n) is 3.11. The van der Waals surface area contributed by atoms with Crippen LogP contribution in [0.15, 0.2) is 77.7 Å². The number of fused-ring (bicyclic) bond motifs is 1. The van der Waals surface area contributed by atoms with Gasteiger partial charge in [-0.2, -0.15) is 0 Å². The molecule has 3 aromatic carbocycles. The molecule has 34 heavy (non-hydrogen) atoms. The molecule has 0 saturated carbocycles. The van der Waals surface area contributed by atoms with Gasteiger partial charge in [-0.15, -0.1) is 11.3 Å². The number of benzene rings is 3.